The van der Waals surface area contributed by atoms with Gasteiger partial charge < -0.3 is 14.7 Å². The van der Waals surface area contributed by atoms with Gasteiger partial charge in [-0.3, -0.25) is 4.79 Å². The molecule has 0 unspecified atom stereocenters. The molecule has 1 aliphatic rings. The van der Waals surface area contributed by atoms with E-state index >= 15 is 0 Å². The molecule has 0 spiro atoms. The first-order valence-electron chi connectivity index (χ1n) is 12.7. The normalized spacial score (nSPS) is 13.9. The van der Waals surface area contributed by atoms with Crippen LogP contribution in [-0.2, 0) is 6.54 Å². The van der Waals surface area contributed by atoms with Gasteiger partial charge >= 0.3 is 0 Å². The van der Waals surface area contributed by atoms with Crippen molar-refractivity contribution in [2.24, 2.45) is 0 Å². The van der Waals surface area contributed by atoms with E-state index in [1.54, 1.807) is 24.8 Å². The summed E-state index contributed by atoms with van der Waals surface area (Å²) in [6.07, 6.45) is 6.48. The lowest BCUT2D eigenvalue weighted by atomic mass is 10.1. The Bertz CT molecular complexity index is 1400. The van der Waals surface area contributed by atoms with E-state index in [1.807, 2.05) is 29.1 Å². The van der Waals surface area contributed by atoms with Gasteiger partial charge in [-0.1, -0.05) is 53.6 Å². The third-order valence-electron chi connectivity index (χ3n) is 6.37. The number of anilines is 1. The molecule has 37 heavy (non-hydrogen) atoms. The summed E-state index contributed by atoms with van der Waals surface area (Å²) in [5.74, 6) is 2.09. The fourth-order valence-electron chi connectivity index (χ4n) is 4.53. The maximum Gasteiger partial charge on any atom is 0.257 e. The highest BCUT2D eigenvalue weighted by Crippen LogP contribution is 2.31. The summed E-state index contributed by atoms with van der Waals surface area (Å²) in [6.45, 7) is 6.70. The number of fused-ring (bicyclic) bond motifs is 1. The first-order valence-corrected chi connectivity index (χ1v) is 14.0. The monoisotopic (exact) mass is 539 g/mol. The van der Waals surface area contributed by atoms with Crippen LogP contribution in [-0.4, -0.2) is 56.2 Å². The molecule has 0 radical (unpaired) electrons. The molecule has 3 aromatic heterocycles. The molecule has 1 aromatic carbocycles. The first-order chi connectivity index (χ1) is 18.1. The average Bonchev–Trinajstić information content (AvgIpc) is 3.51. The molecular weight excluding hydrogens is 510 g/mol. The summed E-state index contributed by atoms with van der Waals surface area (Å²) < 4.78 is 7.18. The van der Waals surface area contributed by atoms with Crippen molar-refractivity contribution in [3.05, 3.63) is 46.8 Å². The molecule has 11 heteroatoms. The Morgan fingerprint density at radius 3 is 2.78 bits per heavy atom. The van der Waals surface area contributed by atoms with Crippen LogP contribution in [0.1, 0.15) is 48.7 Å². The van der Waals surface area contributed by atoms with Crippen molar-refractivity contribution in [1.29, 1.82) is 0 Å². The number of amides is 1. The van der Waals surface area contributed by atoms with Gasteiger partial charge in [0.05, 0.1) is 23.2 Å². The van der Waals surface area contributed by atoms with E-state index in [9.17, 15) is 4.79 Å². The lowest BCUT2D eigenvalue weighted by molar-refractivity contribution is 0.0951. The number of carbonyl (C=O) groups is 1. The molecule has 0 bridgehead atoms. The Labute approximate surface area is 225 Å². The van der Waals surface area contributed by atoms with Crippen LogP contribution in [0, 0.1) is 6.92 Å². The molecule has 9 nitrogen and oxygen atoms in total. The zero-order valence-corrected chi connectivity index (χ0v) is 22.6. The van der Waals surface area contributed by atoms with Crippen LogP contribution in [0.25, 0.3) is 22.3 Å². The number of nitrogens with zero attached hydrogens (tertiary/aromatic N) is 6. The summed E-state index contributed by atoms with van der Waals surface area (Å²) in [4.78, 5) is 25.2. The third-order valence-corrected chi connectivity index (χ3v) is 7.76. The number of nitrogens with one attached hydrogen (secondary N) is 1. The van der Waals surface area contributed by atoms with Crippen molar-refractivity contribution in [3.8, 4) is 11.3 Å². The van der Waals surface area contributed by atoms with E-state index in [2.05, 4.69) is 27.4 Å². The zero-order chi connectivity index (χ0) is 25.8. The zero-order valence-electron chi connectivity index (χ0n) is 21.0. The number of hydrogen-bond acceptors (Lipinski definition) is 8. The van der Waals surface area contributed by atoms with E-state index in [4.69, 9.17) is 26.1 Å². The third kappa shape index (κ3) is 5.45. The van der Waals surface area contributed by atoms with Gasteiger partial charge in [0.1, 0.15) is 22.8 Å². The molecule has 1 fully saturated rings. The summed E-state index contributed by atoms with van der Waals surface area (Å²) >= 11 is 8.01. The molecule has 4 aromatic rings. The maximum absolute atomic E-state index is 13.1. The predicted octanol–water partition coefficient (Wildman–Crippen LogP) is 5.37. The van der Waals surface area contributed by atoms with Crippen LogP contribution in [0.15, 0.2) is 40.1 Å². The van der Waals surface area contributed by atoms with Gasteiger partial charge in [-0.05, 0) is 38.7 Å². The van der Waals surface area contributed by atoms with Crippen LogP contribution in [0.5, 0.6) is 0 Å². The smallest absolute Gasteiger partial charge is 0.257 e. The van der Waals surface area contributed by atoms with Crippen molar-refractivity contribution in [2.45, 2.75) is 51.2 Å². The molecule has 1 N–H and O–H groups in total. The van der Waals surface area contributed by atoms with Crippen LogP contribution in [0.3, 0.4) is 0 Å². The van der Waals surface area contributed by atoms with Gasteiger partial charge in [0, 0.05) is 31.0 Å². The number of aryl methyl sites for hydroxylation is 1. The van der Waals surface area contributed by atoms with Crippen molar-refractivity contribution < 1.29 is 9.32 Å². The van der Waals surface area contributed by atoms with E-state index in [0.717, 1.165) is 47.3 Å². The van der Waals surface area contributed by atoms with Gasteiger partial charge in [-0.2, -0.15) is 5.10 Å². The second-order valence-corrected chi connectivity index (χ2v) is 10.5. The maximum atomic E-state index is 13.1. The summed E-state index contributed by atoms with van der Waals surface area (Å²) in [7, 11) is 0. The Balaban J connectivity index is 1.35. The molecule has 0 saturated carbocycles. The van der Waals surface area contributed by atoms with Crippen LogP contribution in [0.4, 0.5) is 5.82 Å². The lowest BCUT2D eigenvalue weighted by Crippen LogP contribution is -2.30. The molecule has 0 aliphatic carbocycles. The topological polar surface area (TPSA) is 102 Å². The molecule has 5 rings (SSSR count). The average molecular weight is 540 g/mol. The van der Waals surface area contributed by atoms with Crippen molar-refractivity contribution in [3.63, 3.8) is 0 Å². The van der Waals surface area contributed by atoms with E-state index in [1.165, 1.54) is 19.3 Å². The van der Waals surface area contributed by atoms with Crippen LogP contribution >= 0.6 is 23.4 Å². The van der Waals surface area contributed by atoms with Crippen molar-refractivity contribution in [1.82, 2.24) is 30.2 Å². The summed E-state index contributed by atoms with van der Waals surface area (Å²) in [5, 5.41) is 13.9. The Morgan fingerprint density at radius 1 is 1.19 bits per heavy atom. The largest absolute Gasteiger partial charge is 0.360 e. The number of piperidine rings is 1. The Kier molecular flexibility index (Phi) is 7.95. The fraction of sp³-hybridized carbons (Fsp3) is 0.423. The number of carbonyl (C=O) groups excluding carboxylic acids is 1. The quantitative estimate of drug-likeness (QED) is 0.224. The van der Waals surface area contributed by atoms with Gasteiger partial charge in [-0.25, -0.2) is 14.6 Å². The number of aromatic nitrogens is 5. The standard InChI is InChI=1S/C26H30ClN7O2S/c1-3-15-37-26-30-23(33-12-7-4-8-13-33)19-16-29-34(24(19)31-26)14-11-28-25(35)21-17(2)36-32-22(21)18-9-5-6-10-20(18)27/h5-6,9-10,16H,3-4,7-8,11-15H2,1-2H3,(H,28,35). The SMILES string of the molecule is CCCSc1nc(N2CCCCC2)c2cnn(CCNC(=O)c3c(-c4ccccc4Cl)noc3C)c2n1. The number of benzene rings is 1. The molecule has 1 saturated heterocycles. The van der Waals surface area contributed by atoms with E-state index < -0.39 is 0 Å². The van der Waals surface area contributed by atoms with E-state index in [0.29, 0.717) is 40.7 Å². The minimum Gasteiger partial charge on any atom is -0.360 e. The van der Waals surface area contributed by atoms with Crippen molar-refractivity contribution >= 4 is 46.1 Å². The Morgan fingerprint density at radius 2 is 2.00 bits per heavy atom. The summed E-state index contributed by atoms with van der Waals surface area (Å²) in [6, 6.07) is 7.26. The second-order valence-electron chi connectivity index (χ2n) is 9.03. The molecule has 1 aliphatic heterocycles. The van der Waals surface area contributed by atoms with Crippen LogP contribution in [0.2, 0.25) is 5.02 Å². The highest BCUT2D eigenvalue weighted by Gasteiger charge is 2.23. The number of halogens is 1. The molecular formula is C26H30ClN7O2S. The summed E-state index contributed by atoms with van der Waals surface area (Å²) in [5.41, 5.74) is 2.26. The van der Waals surface area contributed by atoms with Gasteiger partial charge in [0.25, 0.3) is 5.91 Å². The lowest BCUT2D eigenvalue weighted by Gasteiger charge is -2.28. The highest BCUT2D eigenvalue weighted by molar-refractivity contribution is 7.99. The molecule has 1 amide bonds. The van der Waals surface area contributed by atoms with Gasteiger partial charge in [-0.15, -0.1) is 0 Å². The minimum absolute atomic E-state index is 0.270. The van der Waals surface area contributed by atoms with Gasteiger partial charge in [0.2, 0.25) is 0 Å². The minimum atomic E-state index is -0.270. The highest BCUT2D eigenvalue weighted by atomic mass is 35.5. The molecule has 0 atom stereocenters. The first kappa shape index (κ1) is 25.5. The van der Waals surface area contributed by atoms with Crippen molar-refractivity contribution in [2.75, 3.05) is 30.3 Å². The number of rotatable bonds is 9. The molecule has 194 valence electrons. The second kappa shape index (κ2) is 11.5. The van der Waals surface area contributed by atoms with E-state index in [-0.39, 0.29) is 5.91 Å². The Hall–Kier alpha value is -3.11. The van der Waals surface area contributed by atoms with Gasteiger partial charge in [0.15, 0.2) is 10.8 Å². The van der Waals surface area contributed by atoms with Crippen LogP contribution < -0.4 is 10.2 Å². The molecule has 4 heterocycles. The number of thioether (sulfide) groups is 1. The fourth-order valence-corrected chi connectivity index (χ4v) is 5.44. The predicted molar refractivity (Wildman–Crippen MR) is 146 cm³/mol. The number of hydrogen-bond donors (Lipinski definition) is 1.